The van der Waals surface area contributed by atoms with Crippen LogP contribution < -0.4 is 13.8 Å². The van der Waals surface area contributed by atoms with Crippen LogP contribution in [0.2, 0.25) is 0 Å². The summed E-state index contributed by atoms with van der Waals surface area (Å²) in [6, 6.07) is 11.8. The molecule has 162 valence electrons. The number of rotatable bonds is 4. The summed E-state index contributed by atoms with van der Waals surface area (Å²) in [7, 11) is -3.08. The van der Waals surface area contributed by atoms with Gasteiger partial charge in [0, 0.05) is 20.3 Å². The summed E-state index contributed by atoms with van der Waals surface area (Å²) in [6.45, 7) is 3.61. The summed E-state index contributed by atoms with van der Waals surface area (Å²) < 4.78 is 34.6. The fraction of sp³-hybridized carbons (Fsp3) is 0.286. The van der Waals surface area contributed by atoms with E-state index in [0.717, 1.165) is 11.1 Å². The minimum atomic E-state index is -3.08. The molecule has 1 atom stereocenters. The number of fused-ring (bicyclic) bond motifs is 1. The number of thiol groups is 1. The SMILES string of the molecule is CC(=O)N1N=C(c2ccc(N(C(C)=O)[SH](=O)=O)cc2)CC1c1ccc2c(c1)OCCO2. The van der Waals surface area contributed by atoms with Crippen molar-refractivity contribution in [1.29, 1.82) is 0 Å². The first-order valence-electron chi connectivity index (χ1n) is 9.67. The molecule has 0 aromatic heterocycles. The molecule has 2 heterocycles. The van der Waals surface area contributed by atoms with Crippen molar-refractivity contribution >= 4 is 34.1 Å². The molecule has 0 radical (unpaired) electrons. The van der Waals surface area contributed by atoms with Gasteiger partial charge in [0.05, 0.1) is 17.4 Å². The normalized spacial score (nSPS) is 17.5. The number of anilines is 1. The van der Waals surface area contributed by atoms with Crippen LogP contribution in [0.4, 0.5) is 5.69 Å². The average Bonchev–Trinajstić information content (AvgIpc) is 3.19. The van der Waals surface area contributed by atoms with E-state index in [1.165, 1.54) is 18.9 Å². The molecule has 9 nitrogen and oxygen atoms in total. The number of ether oxygens (including phenoxy) is 2. The summed E-state index contributed by atoms with van der Waals surface area (Å²) in [5.74, 6) is 0.521. The topological polar surface area (TPSA) is 106 Å². The lowest BCUT2D eigenvalue weighted by molar-refractivity contribution is -0.130. The van der Waals surface area contributed by atoms with Crippen LogP contribution in [-0.4, -0.2) is 44.2 Å². The van der Waals surface area contributed by atoms with Gasteiger partial charge in [0.15, 0.2) is 11.5 Å². The second-order valence-corrected chi connectivity index (χ2v) is 8.02. The molecule has 0 saturated carbocycles. The third-order valence-electron chi connectivity index (χ3n) is 5.09. The summed E-state index contributed by atoms with van der Waals surface area (Å²) >= 11 is 0. The van der Waals surface area contributed by atoms with Crippen molar-refractivity contribution in [2.24, 2.45) is 5.10 Å². The van der Waals surface area contributed by atoms with E-state index in [2.05, 4.69) is 5.10 Å². The molecule has 0 spiro atoms. The minimum Gasteiger partial charge on any atom is -0.486 e. The van der Waals surface area contributed by atoms with Gasteiger partial charge in [0.25, 0.3) is 0 Å². The van der Waals surface area contributed by atoms with E-state index >= 15 is 0 Å². The number of benzene rings is 2. The quantitative estimate of drug-likeness (QED) is 0.725. The van der Waals surface area contributed by atoms with E-state index in [4.69, 9.17) is 9.47 Å². The first-order chi connectivity index (χ1) is 14.8. The third-order valence-corrected chi connectivity index (χ3v) is 5.93. The lowest BCUT2D eigenvalue weighted by Gasteiger charge is -2.23. The summed E-state index contributed by atoms with van der Waals surface area (Å²) in [5, 5.41) is 5.94. The molecule has 0 N–H and O–H groups in total. The Labute approximate surface area is 180 Å². The number of carbonyl (C=O) groups is 2. The Kier molecular flexibility index (Phi) is 5.64. The van der Waals surface area contributed by atoms with Crippen LogP contribution in [0.15, 0.2) is 47.6 Å². The van der Waals surface area contributed by atoms with E-state index in [-0.39, 0.29) is 17.6 Å². The fourth-order valence-corrected chi connectivity index (χ4v) is 4.24. The monoisotopic (exact) mass is 443 g/mol. The Bertz CT molecular complexity index is 1130. The van der Waals surface area contributed by atoms with Gasteiger partial charge in [-0.2, -0.15) is 5.10 Å². The zero-order valence-corrected chi connectivity index (χ0v) is 17.9. The van der Waals surface area contributed by atoms with Gasteiger partial charge in [-0.15, -0.1) is 0 Å². The molecule has 0 saturated heterocycles. The summed E-state index contributed by atoms with van der Waals surface area (Å²) in [4.78, 5) is 23.8. The maximum absolute atomic E-state index is 12.2. The average molecular weight is 443 g/mol. The Morgan fingerprint density at radius 2 is 1.71 bits per heavy atom. The van der Waals surface area contributed by atoms with Gasteiger partial charge in [-0.3, -0.25) is 9.59 Å². The number of hydrogen-bond donors (Lipinski definition) is 1. The Morgan fingerprint density at radius 1 is 1.03 bits per heavy atom. The fourth-order valence-electron chi connectivity index (χ4n) is 3.69. The summed E-state index contributed by atoms with van der Waals surface area (Å²) in [6.07, 6.45) is 0.477. The van der Waals surface area contributed by atoms with Crippen molar-refractivity contribution in [2.75, 3.05) is 17.5 Å². The van der Waals surface area contributed by atoms with Crippen LogP contribution in [0.25, 0.3) is 0 Å². The summed E-state index contributed by atoms with van der Waals surface area (Å²) in [5.41, 5.74) is 2.54. The molecular formula is C21H21N3O6S. The van der Waals surface area contributed by atoms with E-state index < -0.39 is 16.8 Å². The van der Waals surface area contributed by atoms with Crippen molar-refractivity contribution in [3.05, 3.63) is 53.6 Å². The van der Waals surface area contributed by atoms with Gasteiger partial charge in [0.1, 0.15) is 13.2 Å². The lowest BCUT2D eigenvalue weighted by atomic mass is 9.98. The molecular weight excluding hydrogens is 422 g/mol. The molecule has 2 amide bonds. The number of hydrazone groups is 1. The molecule has 4 rings (SSSR count). The zero-order valence-electron chi connectivity index (χ0n) is 17.0. The molecule has 31 heavy (non-hydrogen) atoms. The molecule has 2 aliphatic rings. The minimum absolute atomic E-state index is 0.197. The highest BCUT2D eigenvalue weighted by molar-refractivity contribution is 7.75. The Morgan fingerprint density at radius 3 is 2.32 bits per heavy atom. The van der Waals surface area contributed by atoms with E-state index in [1.54, 1.807) is 24.3 Å². The highest BCUT2D eigenvalue weighted by atomic mass is 32.2. The second-order valence-electron chi connectivity index (χ2n) is 7.15. The number of nitrogens with zero attached hydrogens (tertiary/aromatic N) is 3. The smallest absolute Gasteiger partial charge is 0.240 e. The zero-order chi connectivity index (χ0) is 22.1. The molecule has 0 aliphatic carbocycles. The van der Waals surface area contributed by atoms with Crippen molar-refractivity contribution in [3.8, 4) is 11.5 Å². The molecule has 2 aliphatic heterocycles. The highest BCUT2D eigenvalue weighted by Gasteiger charge is 2.32. The first kappa shape index (κ1) is 20.9. The van der Waals surface area contributed by atoms with Crippen molar-refractivity contribution in [3.63, 3.8) is 0 Å². The molecule has 10 heteroatoms. The lowest BCUT2D eigenvalue weighted by Crippen LogP contribution is -2.26. The molecule has 2 aromatic carbocycles. The molecule has 0 fully saturated rings. The van der Waals surface area contributed by atoms with Crippen LogP contribution in [0.3, 0.4) is 0 Å². The highest BCUT2D eigenvalue weighted by Crippen LogP contribution is 2.38. The van der Waals surface area contributed by atoms with Crippen LogP contribution in [-0.2, 0) is 20.5 Å². The standard InChI is InChI=1S/C21H21N3O6S/c1-13(25)23-19(16-5-8-20-21(11-16)30-10-9-29-20)12-18(22-23)15-3-6-17(7-4-15)24(14(2)26)31(27)28/h3-8,11,19,31H,9-10,12H2,1-2H3. The van der Waals surface area contributed by atoms with Crippen molar-refractivity contribution in [1.82, 2.24) is 5.01 Å². The van der Waals surface area contributed by atoms with Gasteiger partial charge in [0.2, 0.25) is 22.7 Å². The molecule has 2 aromatic rings. The largest absolute Gasteiger partial charge is 0.486 e. The predicted molar refractivity (Wildman–Crippen MR) is 114 cm³/mol. The van der Waals surface area contributed by atoms with Crippen LogP contribution in [0, 0.1) is 0 Å². The maximum Gasteiger partial charge on any atom is 0.240 e. The number of amides is 2. The van der Waals surface area contributed by atoms with Crippen LogP contribution in [0.1, 0.15) is 37.4 Å². The van der Waals surface area contributed by atoms with Crippen LogP contribution in [0.5, 0.6) is 11.5 Å². The van der Waals surface area contributed by atoms with E-state index in [9.17, 15) is 18.0 Å². The van der Waals surface area contributed by atoms with E-state index in [1.807, 2.05) is 18.2 Å². The van der Waals surface area contributed by atoms with Gasteiger partial charge >= 0.3 is 0 Å². The first-order valence-corrected chi connectivity index (χ1v) is 10.8. The maximum atomic E-state index is 12.2. The van der Waals surface area contributed by atoms with Gasteiger partial charge in [-0.1, -0.05) is 18.2 Å². The third kappa shape index (κ3) is 4.11. The number of hydrogen-bond acceptors (Lipinski definition) is 7. The van der Waals surface area contributed by atoms with E-state index in [0.29, 0.717) is 41.2 Å². The van der Waals surface area contributed by atoms with Gasteiger partial charge in [-0.05, 0) is 35.4 Å². The van der Waals surface area contributed by atoms with Gasteiger partial charge in [-0.25, -0.2) is 17.7 Å². The molecule has 0 bridgehead atoms. The molecule has 1 unspecified atom stereocenters. The van der Waals surface area contributed by atoms with Crippen LogP contribution >= 0.6 is 0 Å². The number of carbonyl (C=O) groups excluding carboxylic acids is 2. The van der Waals surface area contributed by atoms with Crippen molar-refractivity contribution < 1.29 is 27.5 Å². The Hall–Kier alpha value is -3.40. The second kappa shape index (κ2) is 8.38. The van der Waals surface area contributed by atoms with Gasteiger partial charge < -0.3 is 9.47 Å². The van der Waals surface area contributed by atoms with Crippen molar-refractivity contribution in [2.45, 2.75) is 26.3 Å². The predicted octanol–water partition coefficient (Wildman–Crippen LogP) is 2.03. The Balaban J connectivity index is 1.61.